The van der Waals surface area contributed by atoms with E-state index in [0.717, 1.165) is 5.56 Å². The molecule has 0 saturated carbocycles. The summed E-state index contributed by atoms with van der Waals surface area (Å²) < 4.78 is 23.7. The number of benzene rings is 1. The molecule has 0 aliphatic carbocycles. The van der Waals surface area contributed by atoms with Crippen molar-refractivity contribution in [1.82, 2.24) is 15.5 Å². The Morgan fingerprint density at radius 3 is 2.89 bits per heavy atom. The van der Waals surface area contributed by atoms with Gasteiger partial charge in [0.1, 0.15) is 11.6 Å². The summed E-state index contributed by atoms with van der Waals surface area (Å²) in [6.07, 6.45) is 0. The van der Waals surface area contributed by atoms with Gasteiger partial charge < -0.3 is 14.6 Å². The normalized spacial score (nSPS) is 12.4. The third-order valence-corrected chi connectivity index (χ3v) is 2.80. The van der Waals surface area contributed by atoms with Crippen molar-refractivity contribution in [3.8, 4) is 5.75 Å². The number of rotatable bonds is 5. The van der Waals surface area contributed by atoms with Crippen LogP contribution >= 0.6 is 0 Å². The second-order valence-electron chi connectivity index (χ2n) is 4.21. The lowest BCUT2D eigenvalue weighted by molar-refractivity contribution is 0.279. The standard InChI is InChI=1S/C13H16FN3O2/c1-8(15-3)11-5-4-10(14)6-12(11)18-7-13-16-9(2)19-17-13/h4-6,8,15H,7H2,1-3H3. The Hall–Kier alpha value is -1.95. The van der Waals surface area contributed by atoms with Gasteiger partial charge in [-0.2, -0.15) is 4.98 Å². The van der Waals surface area contributed by atoms with Crippen LogP contribution in [0.4, 0.5) is 4.39 Å². The molecule has 102 valence electrons. The topological polar surface area (TPSA) is 60.2 Å². The van der Waals surface area contributed by atoms with E-state index < -0.39 is 0 Å². The second kappa shape index (κ2) is 5.79. The van der Waals surface area contributed by atoms with E-state index in [9.17, 15) is 4.39 Å². The zero-order valence-electron chi connectivity index (χ0n) is 11.1. The van der Waals surface area contributed by atoms with Gasteiger partial charge >= 0.3 is 0 Å². The van der Waals surface area contributed by atoms with Gasteiger partial charge in [-0.25, -0.2) is 4.39 Å². The van der Waals surface area contributed by atoms with Crippen molar-refractivity contribution in [3.05, 3.63) is 41.3 Å². The number of aromatic nitrogens is 2. The van der Waals surface area contributed by atoms with Crippen LogP contribution in [0.5, 0.6) is 5.75 Å². The van der Waals surface area contributed by atoms with E-state index in [1.807, 2.05) is 14.0 Å². The molecule has 2 rings (SSSR count). The Labute approximate surface area is 110 Å². The van der Waals surface area contributed by atoms with Gasteiger partial charge in [-0.1, -0.05) is 11.2 Å². The number of aryl methyl sites for hydroxylation is 1. The van der Waals surface area contributed by atoms with Crippen molar-refractivity contribution >= 4 is 0 Å². The van der Waals surface area contributed by atoms with E-state index in [0.29, 0.717) is 17.5 Å². The Bertz CT molecular complexity index is 557. The predicted octanol–water partition coefficient (Wildman–Crippen LogP) is 2.38. The monoisotopic (exact) mass is 265 g/mol. The fourth-order valence-corrected chi connectivity index (χ4v) is 1.69. The number of hydrogen-bond acceptors (Lipinski definition) is 5. The highest BCUT2D eigenvalue weighted by molar-refractivity contribution is 5.36. The highest BCUT2D eigenvalue weighted by Gasteiger charge is 2.12. The van der Waals surface area contributed by atoms with Gasteiger partial charge in [-0.3, -0.25) is 0 Å². The van der Waals surface area contributed by atoms with Crippen molar-refractivity contribution in [3.63, 3.8) is 0 Å². The Morgan fingerprint density at radius 2 is 2.26 bits per heavy atom. The van der Waals surface area contributed by atoms with Crippen molar-refractivity contribution < 1.29 is 13.7 Å². The first-order chi connectivity index (χ1) is 9.10. The van der Waals surface area contributed by atoms with Crippen LogP contribution in [0.2, 0.25) is 0 Å². The smallest absolute Gasteiger partial charge is 0.223 e. The highest BCUT2D eigenvalue weighted by atomic mass is 19.1. The molecule has 1 aromatic heterocycles. The average molecular weight is 265 g/mol. The molecule has 19 heavy (non-hydrogen) atoms. The summed E-state index contributed by atoms with van der Waals surface area (Å²) in [6.45, 7) is 3.82. The summed E-state index contributed by atoms with van der Waals surface area (Å²) in [4.78, 5) is 4.03. The van der Waals surface area contributed by atoms with Crippen molar-refractivity contribution in [2.24, 2.45) is 0 Å². The molecule has 1 heterocycles. The third-order valence-electron chi connectivity index (χ3n) is 2.80. The van der Waals surface area contributed by atoms with Gasteiger partial charge in [-0.15, -0.1) is 0 Å². The largest absolute Gasteiger partial charge is 0.485 e. The van der Waals surface area contributed by atoms with E-state index in [4.69, 9.17) is 9.26 Å². The first-order valence-corrected chi connectivity index (χ1v) is 5.99. The minimum absolute atomic E-state index is 0.0580. The summed E-state index contributed by atoms with van der Waals surface area (Å²) in [5, 5.41) is 6.82. The Kier molecular flexibility index (Phi) is 4.11. The average Bonchev–Trinajstić information content (AvgIpc) is 2.81. The molecule has 0 fully saturated rings. The fourth-order valence-electron chi connectivity index (χ4n) is 1.69. The van der Waals surface area contributed by atoms with E-state index >= 15 is 0 Å². The van der Waals surface area contributed by atoms with Crippen LogP contribution in [0.15, 0.2) is 22.7 Å². The molecule has 0 amide bonds. The Morgan fingerprint density at radius 1 is 1.47 bits per heavy atom. The number of hydrogen-bond donors (Lipinski definition) is 1. The zero-order chi connectivity index (χ0) is 13.8. The maximum atomic E-state index is 13.3. The minimum Gasteiger partial charge on any atom is -0.485 e. The summed E-state index contributed by atoms with van der Waals surface area (Å²) in [5.41, 5.74) is 0.879. The number of halogens is 1. The lowest BCUT2D eigenvalue weighted by Crippen LogP contribution is -2.14. The molecule has 6 heteroatoms. The number of nitrogens with zero attached hydrogens (tertiary/aromatic N) is 2. The molecule has 0 bridgehead atoms. The summed E-state index contributed by atoms with van der Waals surface area (Å²) >= 11 is 0. The second-order valence-corrected chi connectivity index (χ2v) is 4.21. The van der Waals surface area contributed by atoms with Gasteiger partial charge in [0.05, 0.1) is 0 Å². The number of ether oxygens (including phenoxy) is 1. The molecule has 0 aliphatic heterocycles. The summed E-state index contributed by atoms with van der Waals surface area (Å²) in [5.74, 6) is 1.04. The van der Waals surface area contributed by atoms with Crippen LogP contribution in [-0.4, -0.2) is 17.2 Å². The van der Waals surface area contributed by atoms with E-state index in [1.54, 1.807) is 13.0 Å². The molecule has 1 aromatic carbocycles. The molecule has 1 atom stereocenters. The van der Waals surface area contributed by atoms with Gasteiger partial charge in [0.2, 0.25) is 11.7 Å². The van der Waals surface area contributed by atoms with E-state index in [2.05, 4.69) is 15.5 Å². The van der Waals surface area contributed by atoms with Gasteiger partial charge in [0.15, 0.2) is 6.61 Å². The first-order valence-electron chi connectivity index (χ1n) is 5.99. The zero-order valence-corrected chi connectivity index (χ0v) is 11.1. The molecule has 0 aliphatic rings. The molecule has 1 unspecified atom stereocenters. The molecule has 1 N–H and O–H groups in total. The maximum absolute atomic E-state index is 13.3. The summed E-state index contributed by atoms with van der Waals surface area (Å²) in [6, 6.07) is 4.53. The SMILES string of the molecule is CNC(C)c1ccc(F)cc1OCc1noc(C)n1. The van der Waals surface area contributed by atoms with Gasteiger partial charge in [0.25, 0.3) is 0 Å². The summed E-state index contributed by atoms with van der Waals surface area (Å²) in [7, 11) is 1.83. The van der Waals surface area contributed by atoms with Crippen molar-refractivity contribution in [2.75, 3.05) is 7.05 Å². The van der Waals surface area contributed by atoms with E-state index in [-0.39, 0.29) is 18.5 Å². The lowest BCUT2D eigenvalue weighted by Gasteiger charge is -2.15. The first kappa shape index (κ1) is 13.5. The van der Waals surface area contributed by atoms with Gasteiger partial charge in [-0.05, 0) is 20.0 Å². The molecular weight excluding hydrogens is 249 g/mol. The molecule has 0 saturated heterocycles. The fraction of sp³-hybridized carbons (Fsp3) is 0.385. The van der Waals surface area contributed by atoms with Crippen molar-refractivity contribution in [1.29, 1.82) is 0 Å². The minimum atomic E-state index is -0.341. The third kappa shape index (κ3) is 3.29. The quantitative estimate of drug-likeness (QED) is 0.899. The van der Waals surface area contributed by atoms with Crippen LogP contribution < -0.4 is 10.1 Å². The van der Waals surface area contributed by atoms with Crippen molar-refractivity contribution in [2.45, 2.75) is 26.5 Å². The van der Waals surface area contributed by atoms with Crippen LogP contribution in [-0.2, 0) is 6.61 Å². The molecule has 0 radical (unpaired) electrons. The molecule has 0 spiro atoms. The Balaban J connectivity index is 2.16. The lowest BCUT2D eigenvalue weighted by atomic mass is 10.1. The molecule has 5 nitrogen and oxygen atoms in total. The van der Waals surface area contributed by atoms with Crippen LogP contribution in [0.1, 0.15) is 30.2 Å². The van der Waals surface area contributed by atoms with E-state index in [1.165, 1.54) is 12.1 Å². The number of nitrogens with one attached hydrogen (secondary N) is 1. The predicted molar refractivity (Wildman–Crippen MR) is 67.2 cm³/mol. The highest BCUT2D eigenvalue weighted by Crippen LogP contribution is 2.26. The van der Waals surface area contributed by atoms with Crippen LogP contribution in [0.3, 0.4) is 0 Å². The maximum Gasteiger partial charge on any atom is 0.223 e. The van der Waals surface area contributed by atoms with Gasteiger partial charge in [0, 0.05) is 24.6 Å². The molecular formula is C13H16FN3O2. The van der Waals surface area contributed by atoms with Crippen LogP contribution in [0, 0.1) is 12.7 Å². The van der Waals surface area contributed by atoms with Crippen LogP contribution in [0.25, 0.3) is 0 Å². The molecule has 2 aromatic rings.